The largest absolute Gasteiger partial charge is 0.317 e. The number of hydrogen-bond acceptors (Lipinski definition) is 6. The van der Waals surface area contributed by atoms with E-state index in [1.807, 2.05) is 37.4 Å². The van der Waals surface area contributed by atoms with Gasteiger partial charge in [-0.1, -0.05) is 13.3 Å². The van der Waals surface area contributed by atoms with Crippen molar-refractivity contribution < 1.29 is 4.79 Å². The Labute approximate surface area is 187 Å². The summed E-state index contributed by atoms with van der Waals surface area (Å²) >= 11 is 1.60. The molecule has 0 radical (unpaired) electrons. The van der Waals surface area contributed by atoms with E-state index in [0.29, 0.717) is 23.1 Å². The fraction of sp³-hybridized carbons (Fsp3) is 0.478. The fourth-order valence-corrected chi connectivity index (χ4v) is 5.03. The van der Waals surface area contributed by atoms with Gasteiger partial charge in [0.05, 0.1) is 16.4 Å². The summed E-state index contributed by atoms with van der Waals surface area (Å²) in [4.78, 5) is 24.6. The first kappa shape index (κ1) is 21.6. The summed E-state index contributed by atoms with van der Waals surface area (Å²) in [5.41, 5.74) is 2.97. The lowest BCUT2D eigenvalue weighted by Gasteiger charge is -2.30. The van der Waals surface area contributed by atoms with E-state index in [4.69, 9.17) is 0 Å². The van der Waals surface area contributed by atoms with E-state index in [9.17, 15) is 4.79 Å². The predicted octanol–water partition coefficient (Wildman–Crippen LogP) is 4.57. The lowest BCUT2D eigenvalue weighted by molar-refractivity contribution is 0.102. The second kappa shape index (κ2) is 9.70. The molecule has 0 aliphatic carbocycles. The van der Waals surface area contributed by atoms with E-state index < -0.39 is 0 Å². The number of thiazole rings is 1. The number of pyridine rings is 1. The first-order valence-corrected chi connectivity index (χ1v) is 11.9. The van der Waals surface area contributed by atoms with Crippen LogP contribution in [-0.2, 0) is 0 Å². The minimum absolute atomic E-state index is 0.210. The highest BCUT2D eigenvalue weighted by molar-refractivity contribution is 7.10. The summed E-state index contributed by atoms with van der Waals surface area (Å²) in [6.07, 6.45) is 6.44. The zero-order valence-corrected chi connectivity index (χ0v) is 19.3. The highest BCUT2D eigenvalue weighted by Gasteiger charge is 2.24. The topological polar surface area (TPSA) is 75.9 Å². The van der Waals surface area contributed by atoms with E-state index in [1.165, 1.54) is 19.4 Å². The molecule has 0 unspecified atom stereocenters. The van der Waals surface area contributed by atoms with Gasteiger partial charge in [-0.2, -0.15) is 5.10 Å². The van der Waals surface area contributed by atoms with Crippen LogP contribution in [0.15, 0.2) is 29.8 Å². The van der Waals surface area contributed by atoms with Crippen LogP contribution in [0.25, 0.3) is 5.82 Å². The summed E-state index contributed by atoms with van der Waals surface area (Å²) in [6, 6.07) is 5.64. The normalized spacial score (nSPS) is 15.3. The first-order chi connectivity index (χ1) is 15.0. The number of aromatic nitrogens is 4. The molecule has 0 aromatic carbocycles. The van der Waals surface area contributed by atoms with Crippen LogP contribution in [0.4, 0.5) is 5.69 Å². The Morgan fingerprint density at radius 3 is 2.81 bits per heavy atom. The highest BCUT2D eigenvalue weighted by Crippen LogP contribution is 2.30. The van der Waals surface area contributed by atoms with Gasteiger partial charge in [-0.3, -0.25) is 4.79 Å². The number of rotatable bonds is 7. The number of hydrogen-bond donors (Lipinski definition) is 1. The molecule has 0 atom stereocenters. The number of nitrogens with zero attached hydrogens (tertiary/aromatic N) is 5. The molecule has 1 fully saturated rings. The Bertz CT molecular complexity index is 1030. The number of carbonyl (C=O) groups excluding carboxylic acids is 1. The molecular weight excluding hydrogens is 408 g/mol. The van der Waals surface area contributed by atoms with Crippen LogP contribution in [0.1, 0.15) is 65.4 Å². The number of anilines is 1. The van der Waals surface area contributed by atoms with Gasteiger partial charge in [-0.25, -0.2) is 14.6 Å². The van der Waals surface area contributed by atoms with Crippen molar-refractivity contribution in [3.8, 4) is 5.82 Å². The quantitative estimate of drug-likeness (QED) is 0.585. The van der Waals surface area contributed by atoms with Gasteiger partial charge in [0.1, 0.15) is 5.69 Å². The van der Waals surface area contributed by atoms with Gasteiger partial charge in [-0.15, -0.1) is 11.3 Å². The van der Waals surface area contributed by atoms with Gasteiger partial charge in [0.15, 0.2) is 5.82 Å². The van der Waals surface area contributed by atoms with Gasteiger partial charge in [0, 0.05) is 23.2 Å². The van der Waals surface area contributed by atoms with E-state index in [1.54, 1.807) is 22.2 Å². The zero-order chi connectivity index (χ0) is 21.8. The van der Waals surface area contributed by atoms with Crippen LogP contribution in [0.2, 0.25) is 0 Å². The average Bonchev–Trinajstić information content (AvgIpc) is 3.39. The van der Waals surface area contributed by atoms with Crippen LogP contribution in [0.5, 0.6) is 0 Å². The van der Waals surface area contributed by atoms with Crippen molar-refractivity contribution in [3.63, 3.8) is 0 Å². The number of unbranched alkanes of at least 4 members (excludes halogenated alkanes) is 1. The van der Waals surface area contributed by atoms with Crippen molar-refractivity contribution in [2.24, 2.45) is 0 Å². The molecule has 8 heteroatoms. The first-order valence-electron chi connectivity index (χ1n) is 11.0. The monoisotopic (exact) mass is 438 g/mol. The SMILES string of the molecule is CCCCN1CCC(c2nc(C(=O)Nc3cccnc3-n3nc(C)cc3C)cs2)CC1. The zero-order valence-electron chi connectivity index (χ0n) is 18.5. The molecule has 31 heavy (non-hydrogen) atoms. The molecule has 3 aromatic heterocycles. The van der Waals surface area contributed by atoms with E-state index in [-0.39, 0.29) is 5.91 Å². The van der Waals surface area contributed by atoms with Crippen LogP contribution in [0, 0.1) is 13.8 Å². The number of carbonyl (C=O) groups is 1. The Hall–Kier alpha value is -2.58. The maximum absolute atomic E-state index is 12.9. The van der Waals surface area contributed by atoms with Crippen LogP contribution in [0.3, 0.4) is 0 Å². The molecule has 7 nitrogen and oxygen atoms in total. The minimum atomic E-state index is -0.210. The number of piperidine rings is 1. The molecule has 1 amide bonds. The van der Waals surface area contributed by atoms with Crippen molar-refractivity contribution in [2.75, 3.05) is 25.0 Å². The molecule has 4 heterocycles. The average molecular weight is 439 g/mol. The minimum Gasteiger partial charge on any atom is -0.317 e. The highest BCUT2D eigenvalue weighted by atomic mass is 32.1. The summed E-state index contributed by atoms with van der Waals surface area (Å²) in [6.45, 7) is 9.58. The van der Waals surface area contributed by atoms with Gasteiger partial charge in [0.2, 0.25) is 0 Å². The predicted molar refractivity (Wildman–Crippen MR) is 124 cm³/mol. The molecule has 0 saturated carbocycles. The van der Waals surface area contributed by atoms with Crippen LogP contribution >= 0.6 is 11.3 Å². The molecule has 1 N–H and O–H groups in total. The third-order valence-electron chi connectivity index (χ3n) is 5.76. The maximum Gasteiger partial charge on any atom is 0.275 e. The Kier molecular flexibility index (Phi) is 6.77. The van der Waals surface area contributed by atoms with Gasteiger partial charge < -0.3 is 10.2 Å². The number of aryl methyl sites for hydroxylation is 2. The van der Waals surface area contributed by atoms with Crippen LogP contribution < -0.4 is 5.32 Å². The summed E-state index contributed by atoms with van der Waals surface area (Å²) < 4.78 is 1.75. The standard InChI is InChI=1S/C23H30N6OS/c1-4-5-11-28-12-8-18(9-13-28)23-26-20(15-31-23)22(30)25-19-7-6-10-24-21(19)29-17(3)14-16(2)27-29/h6-7,10,14-15,18H,4-5,8-9,11-13H2,1-3H3,(H,25,30). The number of likely N-dealkylation sites (tertiary alicyclic amines) is 1. The third kappa shape index (κ3) is 5.02. The number of amides is 1. The molecule has 4 rings (SSSR count). The molecular formula is C23H30N6OS. The Morgan fingerprint density at radius 2 is 2.10 bits per heavy atom. The fourth-order valence-electron chi connectivity index (χ4n) is 4.06. The van der Waals surface area contributed by atoms with Gasteiger partial charge in [0.25, 0.3) is 5.91 Å². The molecule has 1 aliphatic heterocycles. The van der Waals surface area contributed by atoms with Gasteiger partial charge in [-0.05, 0) is 70.9 Å². The Balaban J connectivity index is 1.43. The molecule has 1 aliphatic rings. The lowest BCUT2D eigenvalue weighted by atomic mass is 9.97. The van der Waals surface area contributed by atoms with E-state index in [2.05, 4.69) is 32.2 Å². The smallest absolute Gasteiger partial charge is 0.275 e. The van der Waals surface area contributed by atoms with Crippen molar-refractivity contribution >= 4 is 22.9 Å². The Morgan fingerprint density at radius 1 is 1.29 bits per heavy atom. The lowest BCUT2D eigenvalue weighted by Crippen LogP contribution is -2.33. The summed E-state index contributed by atoms with van der Waals surface area (Å²) in [5, 5.41) is 10.4. The molecule has 164 valence electrons. The van der Waals surface area contributed by atoms with Crippen LogP contribution in [-0.4, -0.2) is 50.2 Å². The molecule has 0 bridgehead atoms. The molecule has 3 aromatic rings. The van der Waals surface area contributed by atoms with Gasteiger partial charge >= 0.3 is 0 Å². The third-order valence-corrected chi connectivity index (χ3v) is 6.77. The van der Waals surface area contributed by atoms with Crippen molar-refractivity contribution in [1.82, 2.24) is 24.6 Å². The van der Waals surface area contributed by atoms with E-state index in [0.717, 1.165) is 42.3 Å². The second-order valence-electron chi connectivity index (χ2n) is 8.21. The maximum atomic E-state index is 12.9. The van der Waals surface area contributed by atoms with E-state index >= 15 is 0 Å². The second-order valence-corrected chi connectivity index (χ2v) is 9.10. The van der Waals surface area contributed by atoms with Crippen molar-refractivity contribution in [3.05, 3.63) is 51.9 Å². The molecule has 1 saturated heterocycles. The molecule has 0 spiro atoms. The van der Waals surface area contributed by atoms with Crippen molar-refractivity contribution in [1.29, 1.82) is 0 Å². The summed E-state index contributed by atoms with van der Waals surface area (Å²) in [7, 11) is 0. The summed E-state index contributed by atoms with van der Waals surface area (Å²) in [5.74, 6) is 0.850. The number of nitrogens with one attached hydrogen (secondary N) is 1. The van der Waals surface area contributed by atoms with Crippen molar-refractivity contribution in [2.45, 2.75) is 52.4 Å².